The van der Waals surface area contributed by atoms with Crippen LogP contribution in [0.4, 0.5) is 0 Å². The van der Waals surface area contributed by atoms with Crippen LogP contribution in [0.25, 0.3) is 0 Å². The Balaban J connectivity index is 2.38. The number of nitrogens with zero attached hydrogens (tertiary/aromatic N) is 2. The summed E-state index contributed by atoms with van der Waals surface area (Å²) in [7, 11) is 4.38. The number of rotatable bonds is 2. The Morgan fingerprint density at radius 2 is 2.08 bits per heavy atom. The zero-order valence-corrected chi connectivity index (χ0v) is 8.45. The zero-order valence-electron chi connectivity index (χ0n) is 8.45. The van der Waals surface area contributed by atoms with E-state index >= 15 is 0 Å². The van der Waals surface area contributed by atoms with Crippen molar-refractivity contribution >= 4 is 0 Å². The van der Waals surface area contributed by atoms with Gasteiger partial charge in [0.25, 0.3) is 0 Å². The first-order chi connectivity index (χ1) is 5.59. The monoisotopic (exact) mass is 171 g/mol. The summed E-state index contributed by atoms with van der Waals surface area (Å²) in [4.78, 5) is 4.80. The van der Waals surface area contributed by atoms with Gasteiger partial charge < -0.3 is 15.5 Å². The standard InChI is InChI=1S/C9H21N3/c1-8(10)6-9-7-11(2)4-5-12(9)3/h8-9H,4-7,10H2,1-3H3/t8-,9?/m1/s1. The lowest BCUT2D eigenvalue weighted by Crippen LogP contribution is -2.51. The molecule has 1 aliphatic rings. The molecule has 0 aliphatic carbocycles. The molecule has 0 amide bonds. The second-order valence-corrected chi connectivity index (χ2v) is 4.11. The molecule has 3 nitrogen and oxygen atoms in total. The predicted octanol–water partition coefficient (Wildman–Crippen LogP) is -0.0305. The van der Waals surface area contributed by atoms with Crippen molar-refractivity contribution in [3.8, 4) is 0 Å². The molecule has 1 heterocycles. The quantitative estimate of drug-likeness (QED) is 0.633. The third-order valence-corrected chi connectivity index (χ3v) is 2.62. The summed E-state index contributed by atoms with van der Waals surface area (Å²) < 4.78 is 0. The average molecular weight is 171 g/mol. The Morgan fingerprint density at radius 3 is 2.67 bits per heavy atom. The van der Waals surface area contributed by atoms with E-state index in [-0.39, 0.29) is 0 Å². The Hall–Kier alpha value is -0.120. The normalized spacial score (nSPS) is 30.5. The van der Waals surface area contributed by atoms with Gasteiger partial charge in [-0.1, -0.05) is 0 Å². The van der Waals surface area contributed by atoms with Crippen LogP contribution >= 0.6 is 0 Å². The maximum Gasteiger partial charge on any atom is 0.0235 e. The van der Waals surface area contributed by atoms with Gasteiger partial charge in [0.05, 0.1) is 0 Å². The highest BCUT2D eigenvalue weighted by atomic mass is 15.3. The number of hydrogen-bond acceptors (Lipinski definition) is 3. The third kappa shape index (κ3) is 2.73. The molecule has 3 heteroatoms. The van der Waals surface area contributed by atoms with Gasteiger partial charge in [-0.25, -0.2) is 0 Å². The molecule has 1 saturated heterocycles. The first-order valence-electron chi connectivity index (χ1n) is 4.74. The SMILES string of the molecule is C[C@@H](N)CC1CN(C)CCN1C. The lowest BCUT2D eigenvalue weighted by Gasteiger charge is -2.38. The van der Waals surface area contributed by atoms with Crippen LogP contribution < -0.4 is 5.73 Å². The second-order valence-electron chi connectivity index (χ2n) is 4.11. The highest BCUT2D eigenvalue weighted by molar-refractivity contribution is 4.80. The molecule has 0 aromatic carbocycles. The van der Waals surface area contributed by atoms with Crippen molar-refractivity contribution in [1.29, 1.82) is 0 Å². The summed E-state index contributed by atoms with van der Waals surface area (Å²) >= 11 is 0. The molecule has 2 atom stereocenters. The molecule has 0 spiro atoms. The van der Waals surface area contributed by atoms with E-state index in [1.807, 2.05) is 0 Å². The number of piperazine rings is 1. The van der Waals surface area contributed by atoms with E-state index < -0.39 is 0 Å². The van der Waals surface area contributed by atoms with Crippen molar-refractivity contribution in [1.82, 2.24) is 9.80 Å². The van der Waals surface area contributed by atoms with Crippen LogP contribution in [0.5, 0.6) is 0 Å². The number of hydrogen-bond donors (Lipinski definition) is 1. The molecule has 2 N–H and O–H groups in total. The summed E-state index contributed by atoms with van der Waals surface area (Å²) in [5.74, 6) is 0. The van der Waals surface area contributed by atoms with Gasteiger partial charge in [0.1, 0.15) is 0 Å². The number of nitrogens with two attached hydrogens (primary N) is 1. The highest BCUT2D eigenvalue weighted by Crippen LogP contribution is 2.10. The van der Waals surface area contributed by atoms with Crippen molar-refractivity contribution in [2.75, 3.05) is 33.7 Å². The maximum atomic E-state index is 5.79. The summed E-state index contributed by atoms with van der Waals surface area (Å²) in [6.07, 6.45) is 1.11. The maximum absolute atomic E-state index is 5.79. The van der Waals surface area contributed by atoms with E-state index in [4.69, 9.17) is 5.73 Å². The molecule has 0 saturated carbocycles. The minimum Gasteiger partial charge on any atom is -0.328 e. The molecule has 1 unspecified atom stereocenters. The molecule has 12 heavy (non-hydrogen) atoms. The van der Waals surface area contributed by atoms with Gasteiger partial charge in [-0.2, -0.15) is 0 Å². The van der Waals surface area contributed by atoms with Crippen LogP contribution in [0.1, 0.15) is 13.3 Å². The topological polar surface area (TPSA) is 32.5 Å². The summed E-state index contributed by atoms with van der Waals surface area (Å²) in [6, 6.07) is 0.979. The molecule has 0 aromatic rings. The molecular weight excluding hydrogens is 150 g/mol. The summed E-state index contributed by atoms with van der Waals surface area (Å²) in [6.45, 7) is 5.61. The van der Waals surface area contributed by atoms with E-state index in [1.54, 1.807) is 0 Å². The lowest BCUT2D eigenvalue weighted by molar-refractivity contribution is 0.105. The van der Waals surface area contributed by atoms with Crippen molar-refractivity contribution in [2.24, 2.45) is 5.73 Å². The third-order valence-electron chi connectivity index (χ3n) is 2.62. The fourth-order valence-corrected chi connectivity index (χ4v) is 1.79. The van der Waals surface area contributed by atoms with E-state index in [0.29, 0.717) is 12.1 Å². The largest absolute Gasteiger partial charge is 0.328 e. The Kier molecular flexibility index (Phi) is 3.50. The van der Waals surface area contributed by atoms with E-state index in [2.05, 4.69) is 30.8 Å². The van der Waals surface area contributed by atoms with Crippen LogP contribution in [0.2, 0.25) is 0 Å². The minimum absolute atomic E-state index is 0.323. The van der Waals surface area contributed by atoms with Gasteiger partial charge in [0.2, 0.25) is 0 Å². The van der Waals surface area contributed by atoms with Crippen molar-refractivity contribution in [3.63, 3.8) is 0 Å². The van der Waals surface area contributed by atoms with E-state index in [1.165, 1.54) is 13.1 Å². The van der Waals surface area contributed by atoms with E-state index in [9.17, 15) is 0 Å². The molecule has 0 aromatic heterocycles. The van der Waals surface area contributed by atoms with Crippen molar-refractivity contribution in [2.45, 2.75) is 25.4 Å². The van der Waals surface area contributed by atoms with Crippen LogP contribution in [0.15, 0.2) is 0 Å². The highest BCUT2D eigenvalue weighted by Gasteiger charge is 2.22. The molecule has 1 aliphatic heterocycles. The minimum atomic E-state index is 0.323. The summed E-state index contributed by atoms with van der Waals surface area (Å²) in [5, 5.41) is 0. The van der Waals surface area contributed by atoms with Gasteiger partial charge in [-0.15, -0.1) is 0 Å². The molecule has 1 rings (SSSR count). The van der Waals surface area contributed by atoms with Crippen LogP contribution in [-0.4, -0.2) is 55.6 Å². The van der Waals surface area contributed by atoms with Gasteiger partial charge in [-0.3, -0.25) is 0 Å². The average Bonchev–Trinajstić information content (AvgIpc) is 1.96. The fourth-order valence-electron chi connectivity index (χ4n) is 1.79. The Bertz CT molecular complexity index is 134. The molecule has 72 valence electrons. The van der Waals surface area contributed by atoms with E-state index in [0.717, 1.165) is 13.0 Å². The van der Waals surface area contributed by atoms with Gasteiger partial charge in [-0.05, 0) is 27.4 Å². The van der Waals surface area contributed by atoms with Gasteiger partial charge in [0, 0.05) is 31.7 Å². The van der Waals surface area contributed by atoms with Crippen LogP contribution in [0, 0.1) is 0 Å². The Morgan fingerprint density at radius 1 is 1.42 bits per heavy atom. The molecule has 0 radical (unpaired) electrons. The lowest BCUT2D eigenvalue weighted by atomic mass is 10.1. The molecule has 1 fully saturated rings. The van der Waals surface area contributed by atoms with Crippen LogP contribution in [0.3, 0.4) is 0 Å². The molecule has 0 bridgehead atoms. The van der Waals surface area contributed by atoms with Crippen molar-refractivity contribution in [3.05, 3.63) is 0 Å². The predicted molar refractivity (Wildman–Crippen MR) is 52.2 cm³/mol. The zero-order chi connectivity index (χ0) is 9.14. The second kappa shape index (κ2) is 4.21. The summed E-state index contributed by atoms with van der Waals surface area (Å²) in [5.41, 5.74) is 5.79. The van der Waals surface area contributed by atoms with Crippen molar-refractivity contribution < 1.29 is 0 Å². The Labute approximate surface area is 75.5 Å². The number of likely N-dealkylation sites (N-methyl/N-ethyl adjacent to an activating group) is 2. The van der Waals surface area contributed by atoms with Gasteiger partial charge >= 0.3 is 0 Å². The smallest absolute Gasteiger partial charge is 0.0235 e. The molecular formula is C9H21N3. The van der Waals surface area contributed by atoms with Crippen LogP contribution in [-0.2, 0) is 0 Å². The first kappa shape index (κ1) is 9.96. The van der Waals surface area contributed by atoms with Gasteiger partial charge in [0.15, 0.2) is 0 Å². The fraction of sp³-hybridized carbons (Fsp3) is 1.00. The first-order valence-corrected chi connectivity index (χ1v) is 4.74.